The number of anilines is 1. The molecule has 9 heteroatoms. The molecule has 1 aromatic rings. The molecule has 1 fully saturated rings. The van der Waals surface area contributed by atoms with E-state index in [0.29, 0.717) is 5.56 Å². The molecule has 0 aromatic heterocycles. The highest BCUT2D eigenvalue weighted by molar-refractivity contribution is 5.87. The zero-order valence-electron chi connectivity index (χ0n) is 16.1. The molecule has 2 rings (SSSR count). The van der Waals surface area contributed by atoms with Gasteiger partial charge in [0, 0.05) is 0 Å². The van der Waals surface area contributed by atoms with Crippen molar-refractivity contribution < 1.29 is 31.9 Å². The number of carbonyl (C=O) groups excluding carboxylic acids is 2. The number of halogens is 4. The quantitative estimate of drug-likeness (QED) is 0.527. The fraction of sp³-hybridized carbons (Fsp3) is 0.579. The zero-order valence-corrected chi connectivity index (χ0v) is 16.1. The van der Waals surface area contributed by atoms with Crippen LogP contribution in [0.3, 0.4) is 0 Å². The summed E-state index contributed by atoms with van der Waals surface area (Å²) >= 11 is 0. The van der Waals surface area contributed by atoms with E-state index in [1.165, 1.54) is 13.0 Å². The summed E-state index contributed by atoms with van der Waals surface area (Å²) in [4.78, 5) is 24.0. The Labute approximate surface area is 160 Å². The van der Waals surface area contributed by atoms with Gasteiger partial charge in [0.2, 0.25) is 12.2 Å². The summed E-state index contributed by atoms with van der Waals surface area (Å²) in [6.07, 6.45) is -5.36. The van der Waals surface area contributed by atoms with E-state index in [2.05, 4.69) is 5.32 Å². The van der Waals surface area contributed by atoms with Crippen molar-refractivity contribution in [1.82, 2.24) is 5.32 Å². The number of hydrogen-bond acceptors (Lipinski definition) is 3. The molecular weight excluding hydrogens is 380 g/mol. The van der Waals surface area contributed by atoms with Crippen LogP contribution in [0.4, 0.5) is 28.0 Å². The molecule has 1 aromatic carbocycles. The van der Waals surface area contributed by atoms with Gasteiger partial charge in [-0.05, 0) is 69.7 Å². The Morgan fingerprint density at radius 2 is 1.79 bits per heavy atom. The largest absolute Gasteiger partial charge is 0.444 e. The van der Waals surface area contributed by atoms with E-state index in [9.17, 15) is 27.2 Å². The van der Waals surface area contributed by atoms with Crippen molar-refractivity contribution >= 4 is 17.7 Å². The van der Waals surface area contributed by atoms with Crippen molar-refractivity contribution in [2.24, 2.45) is 0 Å². The Hall–Kier alpha value is -2.32. The van der Waals surface area contributed by atoms with Crippen molar-refractivity contribution in [3.8, 4) is 0 Å². The fourth-order valence-corrected chi connectivity index (χ4v) is 2.70. The molecule has 0 heterocycles. The lowest BCUT2D eigenvalue weighted by Crippen LogP contribution is -2.39. The minimum atomic E-state index is -3.35. The lowest BCUT2D eigenvalue weighted by atomic mass is 9.91. The normalized spacial score (nSPS) is 16.5. The molecule has 2 atom stereocenters. The average Bonchev–Trinajstić information content (AvgIpc) is 3.38. The summed E-state index contributed by atoms with van der Waals surface area (Å²) in [7, 11) is 0. The molecule has 2 amide bonds. The van der Waals surface area contributed by atoms with Gasteiger partial charge in [-0.15, -0.1) is 0 Å². The highest BCUT2D eigenvalue weighted by atomic mass is 19.3. The third kappa shape index (κ3) is 5.84. The van der Waals surface area contributed by atoms with Gasteiger partial charge in [-0.25, -0.2) is 22.4 Å². The second-order valence-corrected chi connectivity index (χ2v) is 7.83. The van der Waals surface area contributed by atoms with Crippen molar-refractivity contribution in [1.29, 1.82) is 0 Å². The van der Waals surface area contributed by atoms with E-state index in [1.807, 2.05) is 0 Å². The van der Waals surface area contributed by atoms with E-state index < -0.39 is 42.1 Å². The number of hydrogen-bond donors (Lipinski definition) is 2. The second kappa shape index (κ2) is 8.36. The van der Waals surface area contributed by atoms with Gasteiger partial charge in [-0.2, -0.15) is 0 Å². The molecule has 2 N–H and O–H groups in total. The van der Waals surface area contributed by atoms with Crippen LogP contribution in [0.2, 0.25) is 0 Å². The number of alkyl halides is 3. The Morgan fingerprint density at radius 1 is 1.18 bits per heavy atom. The fourth-order valence-electron chi connectivity index (χ4n) is 2.70. The van der Waals surface area contributed by atoms with E-state index in [1.54, 1.807) is 26.1 Å². The smallest absolute Gasteiger partial charge is 0.412 e. The minimum Gasteiger partial charge on any atom is -0.444 e. The lowest BCUT2D eigenvalue weighted by molar-refractivity contribution is -0.126. The number of benzene rings is 1. The van der Waals surface area contributed by atoms with E-state index in [4.69, 9.17) is 4.74 Å². The minimum absolute atomic E-state index is 0.0568. The molecular formula is C19H24F4N2O3. The predicted molar refractivity (Wildman–Crippen MR) is 95.7 cm³/mol. The van der Waals surface area contributed by atoms with Gasteiger partial charge in [0.25, 0.3) is 6.43 Å². The zero-order chi connectivity index (χ0) is 21.2. The first-order valence-electron chi connectivity index (χ1n) is 8.95. The Balaban J connectivity index is 2.25. The Morgan fingerprint density at radius 3 is 2.29 bits per heavy atom. The second-order valence-electron chi connectivity index (χ2n) is 7.83. The molecule has 1 saturated carbocycles. The van der Waals surface area contributed by atoms with E-state index >= 15 is 0 Å². The summed E-state index contributed by atoms with van der Waals surface area (Å²) in [6.45, 7) is 6.38. The highest BCUT2D eigenvalue weighted by Crippen LogP contribution is 2.45. The number of rotatable bonds is 6. The van der Waals surface area contributed by atoms with Crippen LogP contribution >= 0.6 is 0 Å². The monoisotopic (exact) mass is 404 g/mol. The average molecular weight is 404 g/mol. The molecule has 156 valence electrons. The summed E-state index contributed by atoms with van der Waals surface area (Å²) < 4.78 is 57.4. The predicted octanol–water partition coefficient (Wildman–Crippen LogP) is 4.83. The molecule has 0 bridgehead atoms. The number of ether oxygens (including phenoxy) is 1. The lowest BCUT2D eigenvalue weighted by Gasteiger charge is -2.21. The topological polar surface area (TPSA) is 67.4 Å². The summed E-state index contributed by atoms with van der Waals surface area (Å²) in [5, 5.41) is 3.92. The molecule has 0 saturated heterocycles. The first kappa shape index (κ1) is 22.0. The van der Waals surface area contributed by atoms with Gasteiger partial charge in [0.05, 0.1) is 11.6 Å². The molecule has 5 nitrogen and oxygen atoms in total. The van der Waals surface area contributed by atoms with E-state index in [-0.39, 0.29) is 17.2 Å². The number of carbonyl (C=O) groups is 2. The SMILES string of the molecule is CC(C(=O)NC(F)C(F)F)c1cc(F)c(NC(=O)OC(C)(C)C)cc1C1CC1. The van der Waals surface area contributed by atoms with Crippen LogP contribution in [0.25, 0.3) is 0 Å². The van der Waals surface area contributed by atoms with Crippen LogP contribution < -0.4 is 10.6 Å². The van der Waals surface area contributed by atoms with Crippen molar-refractivity contribution in [3.63, 3.8) is 0 Å². The van der Waals surface area contributed by atoms with Gasteiger partial charge < -0.3 is 10.1 Å². The molecule has 0 spiro atoms. The third-order valence-electron chi connectivity index (χ3n) is 4.19. The maximum absolute atomic E-state index is 14.5. The molecule has 0 radical (unpaired) electrons. The van der Waals surface area contributed by atoms with Crippen molar-refractivity contribution in [2.75, 3.05) is 5.32 Å². The van der Waals surface area contributed by atoms with E-state index in [0.717, 1.165) is 18.9 Å². The summed E-state index contributed by atoms with van der Waals surface area (Å²) in [6, 6.07) is 2.48. The van der Waals surface area contributed by atoms with Crippen LogP contribution in [0.5, 0.6) is 0 Å². The number of amides is 2. The third-order valence-corrected chi connectivity index (χ3v) is 4.19. The van der Waals surface area contributed by atoms with Gasteiger partial charge in [-0.1, -0.05) is 0 Å². The molecule has 1 aliphatic rings. The number of nitrogens with one attached hydrogen (secondary N) is 2. The van der Waals surface area contributed by atoms with Gasteiger partial charge in [0.1, 0.15) is 11.4 Å². The van der Waals surface area contributed by atoms with Gasteiger partial charge >= 0.3 is 6.09 Å². The van der Waals surface area contributed by atoms with Crippen LogP contribution in [0.1, 0.15) is 63.5 Å². The van der Waals surface area contributed by atoms with Crippen LogP contribution in [-0.2, 0) is 9.53 Å². The maximum Gasteiger partial charge on any atom is 0.412 e. The van der Waals surface area contributed by atoms with Gasteiger partial charge in [-0.3, -0.25) is 10.1 Å². The van der Waals surface area contributed by atoms with Crippen LogP contribution in [-0.4, -0.2) is 30.3 Å². The Bertz CT molecular complexity index is 745. The highest BCUT2D eigenvalue weighted by Gasteiger charge is 2.32. The van der Waals surface area contributed by atoms with Crippen LogP contribution in [0.15, 0.2) is 12.1 Å². The van der Waals surface area contributed by atoms with Crippen LogP contribution in [0, 0.1) is 5.82 Å². The Kier molecular flexibility index (Phi) is 6.56. The standard InChI is InChI=1S/C19H24F4N2O3/c1-9(17(26)25-16(23)15(21)22)11-7-13(20)14(8-12(11)10-5-6-10)24-18(27)28-19(2,3)4/h7-10,15-16H,5-6H2,1-4H3,(H,24,27)(H,25,26). The van der Waals surface area contributed by atoms with Gasteiger partial charge in [0.15, 0.2) is 0 Å². The molecule has 28 heavy (non-hydrogen) atoms. The first-order valence-corrected chi connectivity index (χ1v) is 8.95. The maximum atomic E-state index is 14.5. The van der Waals surface area contributed by atoms with Crippen molar-refractivity contribution in [2.45, 2.75) is 70.7 Å². The summed E-state index contributed by atoms with van der Waals surface area (Å²) in [5.41, 5.74) is 0.0137. The molecule has 0 aliphatic heterocycles. The first-order chi connectivity index (χ1) is 12.9. The molecule has 1 aliphatic carbocycles. The summed E-state index contributed by atoms with van der Waals surface area (Å²) in [5.74, 6) is -2.77. The van der Waals surface area contributed by atoms with Crippen molar-refractivity contribution in [3.05, 3.63) is 29.1 Å². The molecule has 2 unspecified atom stereocenters.